The van der Waals surface area contributed by atoms with Crippen LogP contribution in [0.2, 0.25) is 0 Å². The zero-order valence-electron chi connectivity index (χ0n) is 23.5. The number of fused-ring (bicyclic) bond motifs is 4. The van der Waals surface area contributed by atoms with Gasteiger partial charge in [0, 0.05) is 57.2 Å². The van der Waals surface area contributed by atoms with Crippen LogP contribution in [0.3, 0.4) is 0 Å². The van der Waals surface area contributed by atoms with Crippen molar-refractivity contribution >= 4 is 32.6 Å². The molecule has 200 valence electrons. The van der Waals surface area contributed by atoms with Crippen molar-refractivity contribution in [2.75, 3.05) is 0 Å². The first kappa shape index (κ1) is 24.5. The average Bonchev–Trinajstić information content (AvgIpc) is 3.64. The normalized spacial score (nSPS) is 11.5. The molecule has 0 saturated carbocycles. The molecular weight excluding hydrogens is 508 g/mol. The molecule has 0 N–H and O–H groups in total. The first-order valence-electron chi connectivity index (χ1n) is 14.7. The van der Waals surface area contributed by atoms with E-state index in [1.54, 1.807) is 0 Å². The fourth-order valence-corrected chi connectivity index (χ4v) is 6.64. The molecule has 0 saturated heterocycles. The number of hydrogen-bond acceptors (Lipinski definition) is 0. The molecule has 0 unspecified atom stereocenters. The molecule has 6 aromatic carbocycles. The monoisotopic (exact) mass is 538 g/mol. The van der Waals surface area contributed by atoms with Gasteiger partial charge in [-0.3, -0.25) is 0 Å². The number of para-hydroxylation sites is 1. The maximum atomic E-state index is 2.41. The third-order valence-corrected chi connectivity index (χ3v) is 8.53. The lowest BCUT2D eigenvalue weighted by Gasteiger charge is -2.18. The fraction of sp³-hybridized carbons (Fsp3) is 0.0500. The fourth-order valence-electron chi connectivity index (χ4n) is 6.64. The molecule has 0 spiro atoms. The highest BCUT2D eigenvalue weighted by molar-refractivity contribution is 6.11. The Morgan fingerprint density at radius 2 is 1.07 bits per heavy atom. The minimum atomic E-state index is 0.946. The lowest BCUT2D eigenvalue weighted by molar-refractivity contribution is 0.827. The van der Waals surface area contributed by atoms with Gasteiger partial charge in [-0.1, -0.05) is 109 Å². The van der Waals surface area contributed by atoms with Crippen LogP contribution in [-0.4, -0.2) is 9.13 Å². The van der Waals surface area contributed by atoms with Gasteiger partial charge in [0.15, 0.2) is 0 Å². The highest BCUT2D eigenvalue weighted by Crippen LogP contribution is 2.45. The van der Waals surface area contributed by atoms with Gasteiger partial charge in [0.2, 0.25) is 0 Å². The summed E-state index contributed by atoms with van der Waals surface area (Å²) in [7, 11) is 0. The second-order valence-electron chi connectivity index (χ2n) is 10.9. The average molecular weight is 539 g/mol. The molecule has 2 heteroatoms. The van der Waals surface area contributed by atoms with Gasteiger partial charge in [0.05, 0.1) is 0 Å². The predicted octanol–water partition coefficient (Wildman–Crippen LogP) is 10.8. The van der Waals surface area contributed by atoms with Crippen molar-refractivity contribution in [2.45, 2.75) is 13.5 Å². The molecule has 8 rings (SSSR count). The second kappa shape index (κ2) is 9.94. The minimum absolute atomic E-state index is 0.946. The molecule has 2 aromatic heterocycles. The summed E-state index contributed by atoms with van der Waals surface area (Å²) in [6.45, 7) is 3.17. The molecule has 42 heavy (non-hydrogen) atoms. The number of nitrogens with zero attached hydrogens (tertiary/aromatic N) is 2. The van der Waals surface area contributed by atoms with E-state index < -0.39 is 0 Å². The highest BCUT2D eigenvalue weighted by atomic mass is 15.0. The summed E-state index contributed by atoms with van der Waals surface area (Å²) in [6.07, 6.45) is 4.61. The van der Waals surface area contributed by atoms with E-state index in [4.69, 9.17) is 0 Å². The van der Waals surface area contributed by atoms with Gasteiger partial charge in [0.25, 0.3) is 0 Å². The number of hydrogen-bond donors (Lipinski definition) is 0. The van der Waals surface area contributed by atoms with Crippen LogP contribution >= 0.6 is 0 Å². The maximum Gasteiger partial charge on any atom is 0.0492 e. The van der Waals surface area contributed by atoms with Gasteiger partial charge in [-0.05, 0) is 70.6 Å². The van der Waals surface area contributed by atoms with Crippen LogP contribution in [0.25, 0.3) is 71.6 Å². The van der Waals surface area contributed by atoms with Gasteiger partial charge < -0.3 is 9.13 Å². The van der Waals surface area contributed by atoms with Gasteiger partial charge in [0.1, 0.15) is 0 Å². The van der Waals surface area contributed by atoms with Crippen molar-refractivity contribution < 1.29 is 0 Å². The summed E-state index contributed by atoms with van der Waals surface area (Å²) in [6, 6.07) is 50.4. The Labute approximate surface area is 245 Å². The van der Waals surface area contributed by atoms with Crippen molar-refractivity contribution in [3.63, 3.8) is 0 Å². The van der Waals surface area contributed by atoms with Crippen LogP contribution in [0.4, 0.5) is 0 Å². The molecule has 8 aromatic rings. The number of aryl methyl sites for hydroxylation is 1. The Morgan fingerprint density at radius 1 is 0.476 bits per heavy atom. The van der Waals surface area contributed by atoms with Crippen molar-refractivity contribution in [1.29, 1.82) is 0 Å². The molecular formula is C40H30N2. The third-order valence-electron chi connectivity index (χ3n) is 8.53. The Balaban J connectivity index is 1.43. The van der Waals surface area contributed by atoms with Gasteiger partial charge in [-0.15, -0.1) is 0 Å². The van der Waals surface area contributed by atoms with Crippen LogP contribution in [-0.2, 0) is 6.54 Å². The van der Waals surface area contributed by atoms with Crippen LogP contribution in [0, 0.1) is 0 Å². The van der Waals surface area contributed by atoms with Crippen molar-refractivity contribution in [3.05, 3.63) is 152 Å². The van der Waals surface area contributed by atoms with E-state index in [0.717, 1.165) is 6.54 Å². The lowest BCUT2D eigenvalue weighted by Crippen LogP contribution is -1.93. The van der Waals surface area contributed by atoms with Crippen LogP contribution in [0.1, 0.15) is 6.92 Å². The lowest BCUT2D eigenvalue weighted by atomic mass is 9.85. The van der Waals surface area contributed by atoms with Crippen LogP contribution in [0.15, 0.2) is 152 Å². The van der Waals surface area contributed by atoms with E-state index in [1.165, 1.54) is 71.6 Å². The van der Waals surface area contributed by atoms with E-state index in [-0.39, 0.29) is 0 Å². The molecule has 0 atom stereocenters. The molecule has 0 aliphatic heterocycles. The summed E-state index contributed by atoms with van der Waals surface area (Å²) >= 11 is 0. The van der Waals surface area contributed by atoms with Crippen LogP contribution < -0.4 is 0 Å². The molecule has 0 aliphatic rings. The third kappa shape index (κ3) is 3.88. The smallest absolute Gasteiger partial charge is 0.0492 e. The zero-order valence-corrected chi connectivity index (χ0v) is 23.5. The first-order valence-corrected chi connectivity index (χ1v) is 14.7. The van der Waals surface area contributed by atoms with E-state index >= 15 is 0 Å². The molecule has 0 amide bonds. The van der Waals surface area contributed by atoms with E-state index in [9.17, 15) is 0 Å². The standard InChI is InChI=1S/C40H30N2/c1-2-42-37-21-13-12-20-33(37)35-25-32(22-23-38(35)42)41-26-31-24-34(28-14-6-3-7-15-28)39(29-16-8-4-9-17-29)40(36(31)27-41)30-18-10-5-11-19-30/h3-27H,2H2,1H3. The van der Waals surface area contributed by atoms with Crippen molar-refractivity contribution in [3.8, 4) is 39.1 Å². The topological polar surface area (TPSA) is 9.86 Å². The molecule has 0 aliphatic carbocycles. The molecule has 0 bridgehead atoms. The van der Waals surface area contributed by atoms with Gasteiger partial charge in [-0.25, -0.2) is 0 Å². The summed E-state index contributed by atoms with van der Waals surface area (Å²) in [4.78, 5) is 0. The summed E-state index contributed by atoms with van der Waals surface area (Å²) in [5.74, 6) is 0. The Kier molecular flexibility index (Phi) is 5.79. The van der Waals surface area contributed by atoms with Crippen molar-refractivity contribution in [2.24, 2.45) is 0 Å². The van der Waals surface area contributed by atoms with E-state index in [0.29, 0.717) is 0 Å². The quantitative estimate of drug-likeness (QED) is 0.206. The Bertz CT molecular complexity index is 2200. The SMILES string of the molecule is CCn1c2ccccc2c2cc(-n3cc4cc(-c5ccccc5)c(-c5ccccc5)c(-c5ccccc5)c4c3)ccc21. The molecule has 0 radical (unpaired) electrons. The Hall–Kier alpha value is -5.34. The zero-order chi connectivity index (χ0) is 28.0. The summed E-state index contributed by atoms with van der Waals surface area (Å²) in [5.41, 5.74) is 11.2. The van der Waals surface area contributed by atoms with Crippen LogP contribution in [0.5, 0.6) is 0 Å². The number of rotatable bonds is 5. The number of benzene rings is 6. The summed E-state index contributed by atoms with van der Waals surface area (Å²) in [5, 5.41) is 5.07. The van der Waals surface area contributed by atoms with Gasteiger partial charge >= 0.3 is 0 Å². The maximum absolute atomic E-state index is 2.41. The predicted molar refractivity (Wildman–Crippen MR) is 178 cm³/mol. The minimum Gasteiger partial charge on any atom is -0.341 e. The molecule has 0 fully saturated rings. The second-order valence-corrected chi connectivity index (χ2v) is 10.9. The van der Waals surface area contributed by atoms with Gasteiger partial charge in [-0.2, -0.15) is 0 Å². The molecule has 2 nitrogen and oxygen atoms in total. The molecule has 2 heterocycles. The largest absolute Gasteiger partial charge is 0.341 e. The van der Waals surface area contributed by atoms with Crippen molar-refractivity contribution in [1.82, 2.24) is 9.13 Å². The number of aromatic nitrogens is 2. The van der Waals surface area contributed by atoms with E-state index in [1.807, 2.05) is 0 Å². The highest BCUT2D eigenvalue weighted by Gasteiger charge is 2.20. The first-order chi connectivity index (χ1) is 20.8. The summed E-state index contributed by atoms with van der Waals surface area (Å²) < 4.78 is 4.71. The Morgan fingerprint density at radius 3 is 1.76 bits per heavy atom. The van der Waals surface area contributed by atoms with E-state index in [2.05, 4.69) is 168 Å².